The topological polar surface area (TPSA) is 87.3 Å². The minimum absolute atomic E-state index is 0. The maximum Gasteiger partial charge on any atom is 0.405 e. The summed E-state index contributed by atoms with van der Waals surface area (Å²) in [5, 5.41) is 4.88. The van der Waals surface area contributed by atoms with Gasteiger partial charge in [-0.1, -0.05) is 13.0 Å². The lowest BCUT2D eigenvalue weighted by Crippen LogP contribution is -2.48. The van der Waals surface area contributed by atoms with Crippen molar-refractivity contribution in [3.63, 3.8) is 0 Å². The summed E-state index contributed by atoms with van der Waals surface area (Å²) in [7, 11) is -3.87. The van der Waals surface area contributed by atoms with E-state index in [0.717, 1.165) is 6.07 Å². The minimum atomic E-state index is -4.54. The molecule has 0 aromatic heterocycles. The normalized spacial score (nSPS) is 20.9. The first-order chi connectivity index (χ1) is 11.6. The van der Waals surface area contributed by atoms with Crippen LogP contribution in [-0.2, 0) is 10.0 Å². The second-order valence-electron chi connectivity index (χ2n) is 6.02. The Morgan fingerprint density at radius 3 is 2.65 bits per heavy atom. The van der Waals surface area contributed by atoms with Gasteiger partial charge in [0.2, 0.25) is 10.0 Å². The molecule has 1 aromatic rings. The van der Waals surface area contributed by atoms with Crippen molar-refractivity contribution in [2.75, 3.05) is 19.6 Å². The number of hydrogen-bond acceptors (Lipinski definition) is 4. The standard InChI is InChI=1S/C15H20F3N3O3S.ClH/c1-10-8-19-6-5-13(10)21-25(23,24)12-4-2-3-11(7-12)14(22)20-9-15(16,17)18;/h2-4,7,10,13,19,21H,5-6,8-9H2,1H3,(H,20,22);1H. The van der Waals surface area contributed by atoms with E-state index in [1.165, 1.54) is 18.2 Å². The Bertz CT molecular complexity index is 728. The number of amides is 1. The first kappa shape index (κ1) is 22.7. The van der Waals surface area contributed by atoms with Gasteiger partial charge < -0.3 is 10.6 Å². The van der Waals surface area contributed by atoms with Gasteiger partial charge in [-0.05, 0) is 43.6 Å². The fourth-order valence-electron chi connectivity index (χ4n) is 2.54. The van der Waals surface area contributed by atoms with E-state index in [2.05, 4.69) is 10.0 Å². The maximum absolute atomic E-state index is 12.5. The molecular formula is C15H21ClF3N3O3S. The second-order valence-corrected chi connectivity index (χ2v) is 7.74. The van der Waals surface area contributed by atoms with E-state index < -0.39 is 28.7 Å². The number of nitrogens with one attached hydrogen (secondary N) is 3. The number of hydrogen-bond donors (Lipinski definition) is 3. The summed E-state index contributed by atoms with van der Waals surface area (Å²) in [6, 6.07) is 4.71. The zero-order valence-corrected chi connectivity index (χ0v) is 15.6. The molecule has 6 nitrogen and oxygen atoms in total. The number of alkyl halides is 3. The zero-order valence-electron chi connectivity index (χ0n) is 14.0. The Labute approximate surface area is 156 Å². The monoisotopic (exact) mass is 415 g/mol. The Morgan fingerprint density at radius 1 is 1.35 bits per heavy atom. The van der Waals surface area contributed by atoms with E-state index in [0.29, 0.717) is 19.5 Å². The maximum atomic E-state index is 12.5. The van der Waals surface area contributed by atoms with Crippen LogP contribution in [0.5, 0.6) is 0 Å². The molecule has 2 atom stereocenters. The molecule has 1 saturated heterocycles. The number of rotatable bonds is 5. The van der Waals surface area contributed by atoms with Crippen molar-refractivity contribution >= 4 is 28.3 Å². The quantitative estimate of drug-likeness (QED) is 0.682. The van der Waals surface area contributed by atoms with Crippen molar-refractivity contribution < 1.29 is 26.4 Å². The molecule has 0 spiro atoms. The molecule has 1 aliphatic rings. The summed E-state index contributed by atoms with van der Waals surface area (Å²) in [5.41, 5.74) is -0.148. The highest BCUT2D eigenvalue weighted by Crippen LogP contribution is 2.17. The summed E-state index contributed by atoms with van der Waals surface area (Å²) >= 11 is 0. The van der Waals surface area contributed by atoms with Crippen molar-refractivity contribution in [2.45, 2.75) is 30.5 Å². The molecule has 1 amide bonds. The Hall–Kier alpha value is -1.36. The summed E-state index contributed by atoms with van der Waals surface area (Å²) in [6.07, 6.45) is -3.90. The summed E-state index contributed by atoms with van der Waals surface area (Å²) in [6.45, 7) is 1.82. The van der Waals surface area contributed by atoms with Gasteiger partial charge in [-0.2, -0.15) is 13.2 Å². The molecule has 3 N–H and O–H groups in total. The number of carbonyl (C=O) groups excluding carboxylic acids is 1. The van der Waals surface area contributed by atoms with Gasteiger partial charge >= 0.3 is 6.18 Å². The van der Waals surface area contributed by atoms with Gasteiger partial charge in [0.15, 0.2) is 0 Å². The van der Waals surface area contributed by atoms with Gasteiger partial charge in [0.25, 0.3) is 5.91 Å². The number of carbonyl (C=O) groups is 1. The molecule has 148 valence electrons. The molecule has 0 aliphatic carbocycles. The molecule has 26 heavy (non-hydrogen) atoms. The van der Waals surface area contributed by atoms with Crippen LogP contribution in [0.25, 0.3) is 0 Å². The zero-order chi connectivity index (χ0) is 18.7. The molecule has 0 radical (unpaired) electrons. The van der Waals surface area contributed by atoms with Crippen molar-refractivity contribution in [1.29, 1.82) is 0 Å². The van der Waals surface area contributed by atoms with Crippen LogP contribution in [0.1, 0.15) is 23.7 Å². The number of piperidine rings is 1. The van der Waals surface area contributed by atoms with E-state index in [1.807, 2.05) is 6.92 Å². The van der Waals surface area contributed by atoms with Gasteiger partial charge in [0.1, 0.15) is 6.54 Å². The molecule has 1 heterocycles. The van der Waals surface area contributed by atoms with Crippen LogP contribution >= 0.6 is 12.4 Å². The van der Waals surface area contributed by atoms with Gasteiger partial charge in [0.05, 0.1) is 4.90 Å². The van der Waals surface area contributed by atoms with Crippen molar-refractivity contribution in [3.05, 3.63) is 29.8 Å². The Balaban J connectivity index is 0.00000338. The van der Waals surface area contributed by atoms with Crippen LogP contribution in [0.15, 0.2) is 29.2 Å². The fraction of sp³-hybridized carbons (Fsp3) is 0.533. The molecular weight excluding hydrogens is 395 g/mol. The summed E-state index contributed by atoms with van der Waals surface area (Å²) in [4.78, 5) is 11.6. The predicted molar refractivity (Wildman–Crippen MR) is 92.8 cm³/mol. The molecule has 0 saturated carbocycles. The third-order valence-corrected chi connectivity index (χ3v) is 5.44. The first-order valence-electron chi connectivity index (χ1n) is 7.76. The van der Waals surface area contributed by atoms with Crippen LogP contribution < -0.4 is 15.4 Å². The van der Waals surface area contributed by atoms with E-state index in [9.17, 15) is 26.4 Å². The Kier molecular flexibility index (Phi) is 7.87. The fourth-order valence-corrected chi connectivity index (χ4v) is 3.97. The smallest absolute Gasteiger partial charge is 0.343 e. The van der Waals surface area contributed by atoms with Gasteiger partial charge in [0, 0.05) is 11.6 Å². The number of halogens is 4. The van der Waals surface area contributed by atoms with E-state index in [-0.39, 0.29) is 34.8 Å². The highest BCUT2D eigenvalue weighted by Gasteiger charge is 2.29. The first-order valence-corrected chi connectivity index (χ1v) is 9.25. The third-order valence-electron chi connectivity index (χ3n) is 3.95. The molecule has 0 bridgehead atoms. The van der Waals surface area contributed by atoms with Crippen LogP contribution in [0.2, 0.25) is 0 Å². The van der Waals surface area contributed by atoms with Gasteiger partial charge in [-0.3, -0.25) is 4.79 Å². The molecule has 1 aliphatic heterocycles. The van der Waals surface area contributed by atoms with Crippen LogP contribution in [0, 0.1) is 5.92 Å². The highest BCUT2D eigenvalue weighted by atomic mass is 35.5. The predicted octanol–water partition coefficient (Wildman–Crippen LogP) is 1.68. The highest BCUT2D eigenvalue weighted by molar-refractivity contribution is 7.89. The van der Waals surface area contributed by atoms with Crippen LogP contribution in [0.4, 0.5) is 13.2 Å². The lowest BCUT2D eigenvalue weighted by molar-refractivity contribution is -0.123. The van der Waals surface area contributed by atoms with Crippen molar-refractivity contribution in [3.8, 4) is 0 Å². The largest absolute Gasteiger partial charge is 0.405 e. The number of sulfonamides is 1. The molecule has 1 aromatic carbocycles. The average Bonchev–Trinajstić information content (AvgIpc) is 2.54. The summed E-state index contributed by atoms with van der Waals surface area (Å²) in [5.74, 6) is -0.883. The van der Waals surface area contributed by atoms with E-state index >= 15 is 0 Å². The molecule has 1 fully saturated rings. The average molecular weight is 416 g/mol. The molecule has 11 heteroatoms. The Morgan fingerprint density at radius 2 is 2.04 bits per heavy atom. The lowest BCUT2D eigenvalue weighted by atomic mass is 9.97. The van der Waals surface area contributed by atoms with Crippen LogP contribution in [-0.4, -0.2) is 46.2 Å². The van der Waals surface area contributed by atoms with Crippen molar-refractivity contribution in [1.82, 2.24) is 15.4 Å². The van der Waals surface area contributed by atoms with E-state index in [4.69, 9.17) is 0 Å². The van der Waals surface area contributed by atoms with Crippen molar-refractivity contribution in [2.24, 2.45) is 5.92 Å². The summed E-state index contributed by atoms with van der Waals surface area (Å²) < 4.78 is 64.1. The SMILES string of the molecule is CC1CNCCC1NS(=O)(=O)c1cccc(C(=O)NCC(F)(F)F)c1.Cl. The second kappa shape index (κ2) is 9.03. The van der Waals surface area contributed by atoms with Crippen LogP contribution in [0.3, 0.4) is 0 Å². The lowest BCUT2D eigenvalue weighted by Gasteiger charge is -2.30. The minimum Gasteiger partial charge on any atom is -0.343 e. The molecule has 2 unspecified atom stereocenters. The van der Waals surface area contributed by atoms with Gasteiger partial charge in [-0.25, -0.2) is 13.1 Å². The van der Waals surface area contributed by atoms with E-state index in [1.54, 1.807) is 5.32 Å². The third kappa shape index (κ3) is 6.42. The molecule has 2 rings (SSSR count). The van der Waals surface area contributed by atoms with Gasteiger partial charge in [-0.15, -0.1) is 12.4 Å². The number of benzene rings is 1.